The van der Waals surface area contributed by atoms with Gasteiger partial charge in [0, 0.05) is 38.6 Å². The lowest BCUT2D eigenvalue weighted by molar-refractivity contribution is -0.0909. The third kappa shape index (κ3) is 2.79. The molecule has 3 rings (SSSR count). The fourth-order valence-corrected chi connectivity index (χ4v) is 3.54. The van der Waals surface area contributed by atoms with Crippen molar-refractivity contribution >= 4 is 6.03 Å². The Bertz CT molecular complexity index is 537. The van der Waals surface area contributed by atoms with E-state index in [1.165, 1.54) is 0 Å². The first-order valence-corrected chi connectivity index (χ1v) is 7.86. The quantitative estimate of drug-likeness (QED) is 0.867. The van der Waals surface area contributed by atoms with E-state index in [0.717, 1.165) is 31.8 Å². The molecule has 1 aromatic rings. The van der Waals surface area contributed by atoms with Gasteiger partial charge >= 0.3 is 6.03 Å². The van der Waals surface area contributed by atoms with Crippen LogP contribution < -0.4 is 5.32 Å². The molecule has 22 heavy (non-hydrogen) atoms. The number of carbonyl (C=O) groups excluding carboxylic acids is 1. The number of nitrogens with zero attached hydrogens (tertiary/aromatic N) is 5. The van der Waals surface area contributed by atoms with Gasteiger partial charge in [0.2, 0.25) is 0 Å². The smallest absolute Gasteiger partial charge is 0.317 e. The molecule has 2 amide bonds. The Kier molecular flexibility index (Phi) is 4.03. The molecule has 1 aromatic heterocycles. The number of tetrazole rings is 1. The number of hydrogen-bond acceptors (Lipinski definition) is 5. The molecule has 122 valence electrons. The summed E-state index contributed by atoms with van der Waals surface area (Å²) in [6, 6.07) is 0.154. The highest BCUT2D eigenvalue weighted by Crippen LogP contribution is 2.42. The molecule has 2 unspecified atom stereocenters. The van der Waals surface area contributed by atoms with E-state index in [1.807, 2.05) is 4.90 Å². The summed E-state index contributed by atoms with van der Waals surface area (Å²) in [5.41, 5.74) is 0.125. The molecule has 1 N–H and O–H groups in total. The molecule has 0 aromatic carbocycles. The second kappa shape index (κ2) is 5.83. The molecule has 8 heteroatoms. The zero-order valence-corrected chi connectivity index (χ0v) is 13.4. The number of rotatable bonds is 4. The van der Waals surface area contributed by atoms with Gasteiger partial charge in [-0.05, 0) is 23.3 Å². The number of nitrogens with one attached hydrogen (secondary N) is 1. The summed E-state index contributed by atoms with van der Waals surface area (Å²) in [5.74, 6) is 0.764. The third-order valence-electron chi connectivity index (χ3n) is 4.62. The number of likely N-dealkylation sites (tertiary alicyclic amines) is 1. The molecule has 0 spiro atoms. The molecule has 2 fully saturated rings. The van der Waals surface area contributed by atoms with Crippen molar-refractivity contribution in [3.63, 3.8) is 0 Å². The van der Waals surface area contributed by atoms with E-state index in [-0.39, 0.29) is 23.6 Å². The minimum absolute atomic E-state index is 0.0186. The van der Waals surface area contributed by atoms with E-state index in [0.29, 0.717) is 13.0 Å². The number of amides is 2. The van der Waals surface area contributed by atoms with Gasteiger partial charge in [-0.25, -0.2) is 9.48 Å². The maximum atomic E-state index is 12.4. The van der Waals surface area contributed by atoms with Crippen molar-refractivity contribution in [2.45, 2.75) is 45.3 Å². The van der Waals surface area contributed by atoms with Crippen LogP contribution in [0, 0.1) is 5.41 Å². The van der Waals surface area contributed by atoms with Gasteiger partial charge in [0.25, 0.3) is 0 Å². The van der Waals surface area contributed by atoms with E-state index in [2.05, 4.69) is 34.7 Å². The number of urea groups is 1. The number of aromatic nitrogens is 4. The molecule has 8 nitrogen and oxygen atoms in total. The maximum Gasteiger partial charge on any atom is 0.317 e. The van der Waals surface area contributed by atoms with Crippen LogP contribution in [0.1, 0.15) is 32.5 Å². The Balaban J connectivity index is 1.52. The van der Waals surface area contributed by atoms with E-state index >= 15 is 0 Å². The van der Waals surface area contributed by atoms with Crippen LogP contribution in [0.3, 0.4) is 0 Å². The van der Waals surface area contributed by atoms with Gasteiger partial charge in [0.1, 0.15) is 0 Å². The molecule has 2 aliphatic heterocycles. The van der Waals surface area contributed by atoms with E-state index < -0.39 is 0 Å². The van der Waals surface area contributed by atoms with Crippen molar-refractivity contribution in [3.8, 4) is 0 Å². The zero-order valence-electron chi connectivity index (χ0n) is 13.4. The van der Waals surface area contributed by atoms with Crippen LogP contribution in [-0.2, 0) is 18.2 Å². The molecule has 2 aliphatic rings. The van der Waals surface area contributed by atoms with Gasteiger partial charge in [-0.3, -0.25) is 0 Å². The topological polar surface area (TPSA) is 85.2 Å². The second-order valence-electron chi connectivity index (χ2n) is 6.81. The standard InChI is InChI=1S/C14H24N6O2/c1-14(2)9-20(12(14)10-5-4-8-22-10)13(21)15-7-6-11-16-17-18-19(11)3/h10,12H,4-9H2,1-3H3,(H,15,21). The van der Waals surface area contributed by atoms with Crippen LogP contribution in [0.5, 0.6) is 0 Å². The molecule has 2 atom stereocenters. The lowest BCUT2D eigenvalue weighted by Gasteiger charge is -2.56. The van der Waals surface area contributed by atoms with Crippen molar-refractivity contribution in [3.05, 3.63) is 5.82 Å². The largest absolute Gasteiger partial charge is 0.376 e. The van der Waals surface area contributed by atoms with Crippen LogP contribution in [-0.4, -0.2) is 63.0 Å². The number of hydrogen-bond donors (Lipinski definition) is 1. The van der Waals surface area contributed by atoms with Crippen molar-refractivity contribution in [2.24, 2.45) is 12.5 Å². The van der Waals surface area contributed by atoms with Gasteiger partial charge in [0.05, 0.1) is 12.1 Å². The molecule has 0 saturated carbocycles. The summed E-state index contributed by atoms with van der Waals surface area (Å²) in [6.45, 7) is 6.52. The van der Waals surface area contributed by atoms with Crippen LogP contribution in [0.15, 0.2) is 0 Å². The van der Waals surface area contributed by atoms with Gasteiger partial charge < -0.3 is 15.0 Å². The van der Waals surface area contributed by atoms with Crippen molar-refractivity contribution in [1.82, 2.24) is 30.4 Å². The monoisotopic (exact) mass is 308 g/mol. The summed E-state index contributed by atoms with van der Waals surface area (Å²) >= 11 is 0. The van der Waals surface area contributed by atoms with E-state index in [1.54, 1.807) is 11.7 Å². The van der Waals surface area contributed by atoms with Crippen LogP contribution in [0.25, 0.3) is 0 Å². The fourth-order valence-electron chi connectivity index (χ4n) is 3.54. The first-order chi connectivity index (χ1) is 10.5. The Labute approximate surface area is 130 Å². The van der Waals surface area contributed by atoms with E-state index in [4.69, 9.17) is 4.74 Å². The second-order valence-corrected chi connectivity index (χ2v) is 6.81. The summed E-state index contributed by atoms with van der Waals surface area (Å²) in [6.07, 6.45) is 2.93. The predicted molar refractivity (Wildman–Crippen MR) is 79.1 cm³/mol. The lowest BCUT2D eigenvalue weighted by Crippen LogP contribution is -2.69. The lowest BCUT2D eigenvalue weighted by atomic mass is 9.72. The van der Waals surface area contributed by atoms with Gasteiger partial charge in [-0.15, -0.1) is 5.10 Å². The Morgan fingerprint density at radius 3 is 2.91 bits per heavy atom. The number of carbonyl (C=O) groups is 1. The van der Waals surface area contributed by atoms with Gasteiger partial charge in [0.15, 0.2) is 5.82 Å². The predicted octanol–water partition coefficient (Wildman–Crippen LogP) is 0.352. The first kappa shape index (κ1) is 15.2. The normalized spacial score (nSPS) is 26.8. The van der Waals surface area contributed by atoms with Crippen LogP contribution in [0.4, 0.5) is 4.79 Å². The maximum absolute atomic E-state index is 12.4. The van der Waals surface area contributed by atoms with Gasteiger partial charge in [-0.1, -0.05) is 13.8 Å². The SMILES string of the molecule is Cn1nnnc1CCNC(=O)N1CC(C)(C)C1C1CCCO1. The summed E-state index contributed by atoms with van der Waals surface area (Å²) in [7, 11) is 1.79. The summed E-state index contributed by atoms with van der Waals surface area (Å²) in [4.78, 5) is 14.3. The number of aryl methyl sites for hydroxylation is 1. The van der Waals surface area contributed by atoms with E-state index in [9.17, 15) is 4.79 Å². The number of ether oxygens (including phenoxy) is 1. The fraction of sp³-hybridized carbons (Fsp3) is 0.857. The minimum Gasteiger partial charge on any atom is -0.376 e. The summed E-state index contributed by atoms with van der Waals surface area (Å²) in [5, 5.41) is 14.2. The Hall–Kier alpha value is -1.70. The average molecular weight is 308 g/mol. The third-order valence-corrected chi connectivity index (χ3v) is 4.62. The highest BCUT2D eigenvalue weighted by molar-refractivity contribution is 5.76. The molecule has 0 radical (unpaired) electrons. The van der Waals surface area contributed by atoms with Crippen LogP contribution >= 0.6 is 0 Å². The summed E-state index contributed by atoms with van der Waals surface area (Å²) < 4.78 is 7.42. The molecule has 2 saturated heterocycles. The molecule has 3 heterocycles. The molecule has 0 aliphatic carbocycles. The molecular weight excluding hydrogens is 284 g/mol. The highest BCUT2D eigenvalue weighted by Gasteiger charge is 2.52. The minimum atomic E-state index is -0.0186. The molecular formula is C14H24N6O2. The highest BCUT2D eigenvalue weighted by atomic mass is 16.5. The van der Waals surface area contributed by atoms with Crippen molar-refractivity contribution in [1.29, 1.82) is 0 Å². The van der Waals surface area contributed by atoms with Crippen LogP contribution in [0.2, 0.25) is 0 Å². The average Bonchev–Trinajstić information content (AvgIpc) is 3.09. The molecule has 0 bridgehead atoms. The Morgan fingerprint density at radius 2 is 2.32 bits per heavy atom. The zero-order chi connectivity index (χ0) is 15.7. The Morgan fingerprint density at radius 1 is 1.50 bits per heavy atom. The van der Waals surface area contributed by atoms with Gasteiger partial charge in [-0.2, -0.15) is 0 Å². The van der Waals surface area contributed by atoms with Crippen molar-refractivity contribution in [2.75, 3.05) is 19.7 Å². The first-order valence-electron chi connectivity index (χ1n) is 7.86. The van der Waals surface area contributed by atoms with Crippen molar-refractivity contribution < 1.29 is 9.53 Å².